The molecule has 1 unspecified atom stereocenters. The van der Waals surface area contributed by atoms with Gasteiger partial charge in [-0.2, -0.15) is 0 Å². The van der Waals surface area contributed by atoms with Gasteiger partial charge in [0.15, 0.2) is 0 Å². The highest BCUT2D eigenvalue weighted by Crippen LogP contribution is 2.35. The predicted octanol–water partition coefficient (Wildman–Crippen LogP) is 2.11. The first-order valence-corrected chi connectivity index (χ1v) is 9.79. The van der Waals surface area contributed by atoms with E-state index in [1.165, 1.54) is 5.56 Å². The summed E-state index contributed by atoms with van der Waals surface area (Å²) in [7, 11) is 4.05. The lowest BCUT2D eigenvalue weighted by Crippen LogP contribution is -2.30. The van der Waals surface area contributed by atoms with Crippen LogP contribution in [0.4, 0.5) is 0 Å². The van der Waals surface area contributed by atoms with Gasteiger partial charge in [0, 0.05) is 49.6 Å². The SMILES string of the molecule is CNCCN(C)CCC1OC(=O)Cc2cc3c(cc21)C(c1ccncc1)=NC3. The van der Waals surface area contributed by atoms with Crippen LogP contribution < -0.4 is 5.32 Å². The van der Waals surface area contributed by atoms with Crippen LogP contribution in [-0.2, 0) is 22.5 Å². The molecule has 6 heteroatoms. The molecule has 0 amide bonds. The molecule has 1 aromatic heterocycles. The summed E-state index contributed by atoms with van der Waals surface area (Å²) in [6, 6.07) is 8.32. The van der Waals surface area contributed by atoms with Crippen LogP contribution in [0.2, 0.25) is 0 Å². The number of esters is 1. The van der Waals surface area contributed by atoms with E-state index in [0.717, 1.165) is 54.0 Å². The highest BCUT2D eigenvalue weighted by molar-refractivity contribution is 6.15. The fraction of sp³-hybridized carbons (Fsp3) is 0.409. The summed E-state index contributed by atoms with van der Waals surface area (Å²) >= 11 is 0. The van der Waals surface area contributed by atoms with Gasteiger partial charge in [0.1, 0.15) is 6.10 Å². The number of aromatic nitrogens is 1. The van der Waals surface area contributed by atoms with E-state index in [9.17, 15) is 4.79 Å². The van der Waals surface area contributed by atoms with Crippen molar-refractivity contribution in [3.8, 4) is 0 Å². The molecule has 0 bridgehead atoms. The minimum atomic E-state index is -0.196. The second kappa shape index (κ2) is 8.20. The summed E-state index contributed by atoms with van der Waals surface area (Å²) in [5.41, 5.74) is 6.63. The lowest BCUT2D eigenvalue weighted by Gasteiger charge is -2.28. The Morgan fingerprint density at radius 3 is 2.82 bits per heavy atom. The summed E-state index contributed by atoms with van der Waals surface area (Å²) in [6.07, 6.45) is 4.52. The van der Waals surface area contributed by atoms with Crippen LogP contribution in [0.5, 0.6) is 0 Å². The zero-order valence-electron chi connectivity index (χ0n) is 16.4. The van der Waals surface area contributed by atoms with Gasteiger partial charge in [-0.15, -0.1) is 0 Å². The zero-order chi connectivity index (χ0) is 19.5. The Labute approximate surface area is 165 Å². The summed E-state index contributed by atoms with van der Waals surface area (Å²) in [5.74, 6) is -0.136. The molecule has 2 aromatic rings. The number of nitrogens with zero attached hydrogens (tertiary/aromatic N) is 3. The smallest absolute Gasteiger partial charge is 0.310 e. The summed E-state index contributed by atoms with van der Waals surface area (Å²) in [6.45, 7) is 3.44. The number of carbonyl (C=O) groups is 1. The molecule has 0 fully saturated rings. The van der Waals surface area contributed by atoms with E-state index < -0.39 is 0 Å². The second-order valence-electron chi connectivity index (χ2n) is 7.46. The van der Waals surface area contributed by atoms with Crippen LogP contribution >= 0.6 is 0 Å². The maximum atomic E-state index is 12.2. The van der Waals surface area contributed by atoms with Crippen LogP contribution in [0, 0.1) is 0 Å². The number of hydrogen-bond acceptors (Lipinski definition) is 6. The van der Waals surface area contributed by atoms with Crippen LogP contribution in [0.3, 0.4) is 0 Å². The molecule has 28 heavy (non-hydrogen) atoms. The van der Waals surface area contributed by atoms with Gasteiger partial charge in [-0.3, -0.25) is 14.8 Å². The number of carbonyl (C=O) groups excluding carboxylic acids is 1. The van der Waals surface area contributed by atoms with E-state index in [1.807, 2.05) is 19.2 Å². The highest BCUT2D eigenvalue weighted by atomic mass is 16.5. The Balaban J connectivity index is 1.59. The van der Waals surface area contributed by atoms with Crippen LogP contribution in [0.1, 0.15) is 40.3 Å². The Morgan fingerprint density at radius 1 is 1.21 bits per heavy atom. The molecule has 2 aliphatic rings. The van der Waals surface area contributed by atoms with Gasteiger partial charge in [0.2, 0.25) is 0 Å². The topological polar surface area (TPSA) is 66.8 Å². The Bertz CT molecular complexity index is 895. The maximum Gasteiger partial charge on any atom is 0.310 e. The molecule has 6 nitrogen and oxygen atoms in total. The minimum Gasteiger partial charge on any atom is -0.457 e. The molecule has 0 spiro atoms. The van der Waals surface area contributed by atoms with Crippen LogP contribution in [-0.4, -0.2) is 55.3 Å². The van der Waals surface area contributed by atoms with E-state index >= 15 is 0 Å². The Hall–Kier alpha value is -2.57. The molecule has 1 N–H and O–H groups in total. The van der Waals surface area contributed by atoms with Gasteiger partial charge in [0.25, 0.3) is 0 Å². The van der Waals surface area contributed by atoms with Crippen molar-refractivity contribution in [2.75, 3.05) is 33.7 Å². The number of hydrogen-bond donors (Lipinski definition) is 1. The standard InChI is InChI=1S/C22H26N4O2/c1-23-8-10-26(2)9-5-20-18-13-19-17(11-16(18)12-21(27)28-20)14-25-22(19)15-3-6-24-7-4-15/h3-4,6-7,11,13,20,23H,5,8-10,12,14H2,1-2H3. The Morgan fingerprint density at radius 2 is 2.04 bits per heavy atom. The average molecular weight is 378 g/mol. The fourth-order valence-electron chi connectivity index (χ4n) is 3.91. The maximum absolute atomic E-state index is 12.2. The summed E-state index contributed by atoms with van der Waals surface area (Å²) in [5, 5.41) is 3.16. The predicted molar refractivity (Wildman–Crippen MR) is 109 cm³/mol. The number of likely N-dealkylation sites (N-methyl/N-ethyl adjacent to an activating group) is 2. The number of rotatable bonds is 7. The number of ether oxygens (including phenoxy) is 1. The molecule has 0 saturated heterocycles. The normalized spacial score (nSPS) is 17.9. The van der Waals surface area contributed by atoms with E-state index in [2.05, 4.69) is 34.4 Å². The third-order valence-corrected chi connectivity index (χ3v) is 5.45. The number of aliphatic imine (C=N–C) groups is 1. The first kappa shape index (κ1) is 18.8. The van der Waals surface area contributed by atoms with Gasteiger partial charge in [-0.05, 0) is 49.0 Å². The summed E-state index contributed by atoms with van der Waals surface area (Å²) < 4.78 is 5.74. The van der Waals surface area contributed by atoms with Crippen molar-refractivity contribution in [3.05, 3.63) is 64.5 Å². The van der Waals surface area contributed by atoms with Gasteiger partial charge >= 0.3 is 5.97 Å². The number of nitrogens with one attached hydrogen (secondary N) is 1. The Kier molecular flexibility index (Phi) is 5.50. The number of cyclic esters (lactones) is 1. The molecule has 1 aromatic carbocycles. The van der Waals surface area contributed by atoms with Crippen molar-refractivity contribution in [2.24, 2.45) is 4.99 Å². The van der Waals surface area contributed by atoms with Crippen molar-refractivity contribution < 1.29 is 9.53 Å². The van der Waals surface area contributed by atoms with E-state index in [1.54, 1.807) is 12.4 Å². The molecule has 1 atom stereocenters. The van der Waals surface area contributed by atoms with Crippen molar-refractivity contribution in [3.63, 3.8) is 0 Å². The van der Waals surface area contributed by atoms with E-state index in [-0.39, 0.29) is 12.1 Å². The molecule has 4 rings (SSSR count). The van der Waals surface area contributed by atoms with Gasteiger partial charge in [-0.25, -0.2) is 0 Å². The third-order valence-electron chi connectivity index (χ3n) is 5.45. The molecule has 0 radical (unpaired) electrons. The van der Waals surface area contributed by atoms with Gasteiger partial charge < -0.3 is 15.0 Å². The van der Waals surface area contributed by atoms with E-state index in [0.29, 0.717) is 13.0 Å². The quantitative estimate of drug-likeness (QED) is 0.748. The minimum absolute atomic E-state index is 0.136. The molecule has 0 aliphatic carbocycles. The third kappa shape index (κ3) is 3.84. The van der Waals surface area contributed by atoms with Crippen molar-refractivity contribution in [1.29, 1.82) is 0 Å². The molecule has 2 aliphatic heterocycles. The number of fused-ring (bicyclic) bond motifs is 2. The molecule has 146 valence electrons. The fourth-order valence-corrected chi connectivity index (χ4v) is 3.91. The van der Waals surface area contributed by atoms with Crippen molar-refractivity contribution >= 4 is 11.7 Å². The first-order valence-electron chi connectivity index (χ1n) is 9.79. The highest BCUT2D eigenvalue weighted by Gasteiger charge is 2.30. The lowest BCUT2D eigenvalue weighted by atomic mass is 9.89. The van der Waals surface area contributed by atoms with Crippen LogP contribution in [0.25, 0.3) is 0 Å². The molecule has 0 saturated carbocycles. The molecular weight excluding hydrogens is 352 g/mol. The first-order chi connectivity index (χ1) is 13.7. The average Bonchev–Trinajstić information content (AvgIpc) is 3.12. The monoisotopic (exact) mass is 378 g/mol. The van der Waals surface area contributed by atoms with Gasteiger partial charge in [0.05, 0.1) is 18.7 Å². The van der Waals surface area contributed by atoms with E-state index in [4.69, 9.17) is 9.73 Å². The van der Waals surface area contributed by atoms with Crippen molar-refractivity contribution in [1.82, 2.24) is 15.2 Å². The lowest BCUT2D eigenvalue weighted by molar-refractivity contribution is -0.150. The number of benzene rings is 1. The molecular formula is C22H26N4O2. The van der Waals surface area contributed by atoms with Crippen LogP contribution in [0.15, 0.2) is 41.7 Å². The molecule has 3 heterocycles. The number of pyridine rings is 1. The second-order valence-corrected chi connectivity index (χ2v) is 7.46. The van der Waals surface area contributed by atoms with Crippen molar-refractivity contribution in [2.45, 2.75) is 25.5 Å². The largest absolute Gasteiger partial charge is 0.457 e. The summed E-state index contributed by atoms with van der Waals surface area (Å²) in [4.78, 5) is 23.3. The van der Waals surface area contributed by atoms with Gasteiger partial charge in [-0.1, -0.05) is 6.07 Å². The zero-order valence-corrected chi connectivity index (χ0v) is 16.4.